The van der Waals surface area contributed by atoms with E-state index in [4.69, 9.17) is 4.99 Å². The predicted molar refractivity (Wildman–Crippen MR) is 137 cm³/mol. The van der Waals surface area contributed by atoms with E-state index >= 15 is 0 Å². The zero-order valence-corrected chi connectivity index (χ0v) is 20.2. The Morgan fingerprint density at radius 2 is 1.88 bits per heavy atom. The van der Waals surface area contributed by atoms with Gasteiger partial charge in [-0.3, -0.25) is 9.79 Å². The Morgan fingerprint density at radius 3 is 2.67 bits per heavy atom. The molecule has 0 unspecified atom stereocenters. The van der Waals surface area contributed by atoms with Crippen LogP contribution in [0.4, 0.5) is 11.4 Å². The topological polar surface area (TPSA) is 35.9 Å². The van der Waals surface area contributed by atoms with Crippen molar-refractivity contribution in [2.45, 2.75) is 43.0 Å². The van der Waals surface area contributed by atoms with Crippen molar-refractivity contribution in [3.63, 3.8) is 0 Å². The van der Waals surface area contributed by atoms with Crippen LogP contribution >= 0.6 is 11.8 Å². The smallest absolute Gasteiger partial charge is 0.254 e. The van der Waals surface area contributed by atoms with Crippen LogP contribution in [0.25, 0.3) is 0 Å². The fourth-order valence-corrected chi connectivity index (χ4v) is 5.75. The first kappa shape index (κ1) is 21.8. The second-order valence-electron chi connectivity index (χ2n) is 8.83. The van der Waals surface area contributed by atoms with Crippen LogP contribution in [-0.4, -0.2) is 42.2 Å². The molecule has 3 aromatic carbocycles. The maximum atomic E-state index is 13.4. The fourth-order valence-electron chi connectivity index (χ4n) is 4.73. The second kappa shape index (κ2) is 9.06. The van der Waals surface area contributed by atoms with Gasteiger partial charge in [0.2, 0.25) is 0 Å². The molecule has 0 aromatic heterocycles. The summed E-state index contributed by atoms with van der Waals surface area (Å²) < 4.78 is 0. The first-order valence-electron chi connectivity index (χ1n) is 11.6. The molecule has 2 aliphatic heterocycles. The number of amides is 1. The molecule has 1 amide bonds. The Labute approximate surface area is 200 Å². The number of aliphatic imine (C=N–C) groups is 1. The van der Waals surface area contributed by atoms with E-state index in [2.05, 4.69) is 80.3 Å². The minimum absolute atomic E-state index is 0.0913. The van der Waals surface area contributed by atoms with Crippen LogP contribution in [0.1, 0.15) is 41.8 Å². The Hall–Kier alpha value is -3.05. The Balaban J connectivity index is 1.37. The van der Waals surface area contributed by atoms with Crippen molar-refractivity contribution in [1.29, 1.82) is 0 Å². The highest BCUT2D eigenvalue weighted by atomic mass is 32.2. The lowest BCUT2D eigenvalue weighted by atomic mass is 10.1. The number of benzene rings is 3. The summed E-state index contributed by atoms with van der Waals surface area (Å²) in [5.74, 6) is 0.0913. The summed E-state index contributed by atoms with van der Waals surface area (Å²) in [6, 6.07) is 23.3. The van der Waals surface area contributed by atoms with Crippen molar-refractivity contribution in [2.75, 3.05) is 24.5 Å². The van der Waals surface area contributed by atoms with E-state index in [-0.39, 0.29) is 11.9 Å². The molecule has 1 atom stereocenters. The van der Waals surface area contributed by atoms with Gasteiger partial charge in [0.15, 0.2) is 0 Å². The van der Waals surface area contributed by atoms with Crippen molar-refractivity contribution in [3.05, 3.63) is 83.4 Å². The molecular formula is C28H29N3OS. The van der Waals surface area contributed by atoms with Gasteiger partial charge in [-0.15, -0.1) is 0 Å². The summed E-state index contributed by atoms with van der Waals surface area (Å²) in [4.78, 5) is 25.1. The molecule has 1 saturated heterocycles. The van der Waals surface area contributed by atoms with E-state index < -0.39 is 0 Å². The van der Waals surface area contributed by atoms with Gasteiger partial charge in [-0.1, -0.05) is 49.0 Å². The Kier molecular flexibility index (Phi) is 5.98. The van der Waals surface area contributed by atoms with Gasteiger partial charge in [-0.05, 0) is 62.2 Å². The van der Waals surface area contributed by atoms with Gasteiger partial charge >= 0.3 is 0 Å². The summed E-state index contributed by atoms with van der Waals surface area (Å²) in [5, 5.41) is 0. The summed E-state index contributed by atoms with van der Waals surface area (Å²) in [6.45, 7) is 8.73. The number of anilines is 1. The lowest BCUT2D eigenvalue weighted by Crippen LogP contribution is -2.53. The second-order valence-corrected chi connectivity index (χ2v) is 9.91. The average molecular weight is 456 g/mol. The third-order valence-corrected chi connectivity index (χ3v) is 7.60. The minimum atomic E-state index is 0.0913. The van der Waals surface area contributed by atoms with Crippen LogP contribution in [0.5, 0.6) is 0 Å². The van der Waals surface area contributed by atoms with Gasteiger partial charge in [0.05, 0.1) is 5.69 Å². The Bertz CT molecular complexity index is 1240. The van der Waals surface area contributed by atoms with Gasteiger partial charge < -0.3 is 9.80 Å². The SMILES string of the molecule is CCC1=Nc2cc(C(=O)N3CCN(c4cccc(C)c4)[C@H](C)C3)ccc2Sc2ccccc21. The molecule has 5 heteroatoms. The number of hydrogen-bond donors (Lipinski definition) is 0. The van der Waals surface area contributed by atoms with Crippen molar-refractivity contribution in [2.24, 2.45) is 4.99 Å². The van der Waals surface area contributed by atoms with E-state index in [0.717, 1.165) is 41.4 Å². The van der Waals surface area contributed by atoms with Gasteiger partial charge in [0.1, 0.15) is 0 Å². The van der Waals surface area contributed by atoms with Crippen molar-refractivity contribution in [3.8, 4) is 0 Å². The van der Waals surface area contributed by atoms with Gasteiger partial charge in [-0.2, -0.15) is 0 Å². The highest BCUT2D eigenvalue weighted by Gasteiger charge is 2.28. The first-order valence-corrected chi connectivity index (χ1v) is 12.5. The van der Waals surface area contributed by atoms with Crippen molar-refractivity contribution in [1.82, 2.24) is 4.90 Å². The molecule has 5 rings (SSSR count). The molecule has 4 nitrogen and oxygen atoms in total. The molecule has 3 aromatic rings. The molecule has 0 spiro atoms. The number of rotatable bonds is 3. The molecule has 0 radical (unpaired) electrons. The lowest BCUT2D eigenvalue weighted by molar-refractivity contribution is 0.0726. The van der Waals surface area contributed by atoms with E-state index in [1.165, 1.54) is 21.7 Å². The fraction of sp³-hybridized carbons (Fsp3) is 0.286. The van der Waals surface area contributed by atoms with Gasteiger partial charge in [0, 0.05) is 58.0 Å². The summed E-state index contributed by atoms with van der Waals surface area (Å²) >= 11 is 1.73. The molecule has 33 heavy (non-hydrogen) atoms. The quantitative estimate of drug-likeness (QED) is 0.462. The van der Waals surface area contributed by atoms with Crippen LogP contribution in [0, 0.1) is 6.92 Å². The third-order valence-electron chi connectivity index (χ3n) is 6.46. The van der Waals surface area contributed by atoms with Crippen LogP contribution in [-0.2, 0) is 0 Å². The summed E-state index contributed by atoms with van der Waals surface area (Å²) in [7, 11) is 0. The van der Waals surface area contributed by atoms with Gasteiger partial charge in [0.25, 0.3) is 5.91 Å². The monoisotopic (exact) mass is 455 g/mol. The van der Waals surface area contributed by atoms with Crippen molar-refractivity contribution >= 4 is 34.8 Å². The van der Waals surface area contributed by atoms with E-state index in [0.29, 0.717) is 6.54 Å². The number of fused-ring (bicyclic) bond motifs is 2. The largest absolute Gasteiger partial charge is 0.365 e. The zero-order chi connectivity index (χ0) is 22.9. The minimum Gasteiger partial charge on any atom is -0.365 e. The van der Waals surface area contributed by atoms with Crippen LogP contribution in [0.3, 0.4) is 0 Å². The molecule has 1 fully saturated rings. The first-order chi connectivity index (χ1) is 16.0. The van der Waals surface area contributed by atoms with Crippen LogP contribution < -0.4 is 4.90 Å². The van der Waals surface area contributed by atoms with Crippen LogP contribution in [0.15, 0.2) is 81.5 Å². The number of nitrogens with zero attached hydrogens (tertiary/aromatic N) is 3. The maximum Gasteiger partial charge on any atom is 0.254 e. The Morgan fingerprint density at radius 1 is 1.03 bits per heavy atom. The maximum absolute atomic E-state index is 13.4. The van der Waals surface area contributed by atoms with E-state index in [1.807, 2.05) is 17.0 Å². The summed E-state index contributed by atoms with van der Waals surface area (Å²) in [5.41, 5.74) is 6.37. The van der Waals surface area contributed by atoms with E-state index in [1.54, 1.807) is 11.8 Å². The van der Waals surface area contributed by atoms with Crippen molar-refractivity contribution < 1.29 is 4.79 Å². The number of piperazine rings is 1. The molecule has 0 bridgehead atoms. The molecule has 0 aliphatic carbocycles. The predicted octanol–water partition coefficient (Wildman–Crippen LogP) is 6.34. The molecule has 2 heterocycles. The lowest BCUT2D eigenvalue weighted by Gasteiger charge is -2.41. The number of hydrogen-bond acceptors (Lipinski definition) is 4. The molecule has 168 valence electrons. The average Bonchev–Trinajstić information content (AvgIpc) is 2.99. The number of aryl methyl sites for hydroxylation is 1. The molecule has 0 saturated carbocycles. The van der Waals surface area contributed by atoms with E-state index in [9.17, 15) is 4.79 Å². The molecule has 0 N–H and O–H groups in total. The highest BCUT2D eigenvalue weighted by Crippen LogP contribution is 2.41. The molecule has 2 aliphatic rings. The highest BCUT2D eigenvalue weighted by molar-refractivity contribution is 7.99. The summed E-state index contributed by atoms with van der Waals surface area (Å²) in [6.07, 6.45) is 0.855. The zero-order valence-electron chi connectivity index (χ0n) is 19.4. The number of carbonyl (C=O) groups is 1. The van der Waals surface area contributed by atoms with Crippen LogP contribution in [0.2, 0.25) is 0 Å². The molecular weight excluding hydrogens is 426 g/mol. The normalized spacial score (nSPS) is 17.7. The number of carbonyl (C=O) groups excluding carboxylic acids is 1. The third kappa shape index (κ3) is 4.30. The van der Waals surface area contributed by atoms with Gasteiger partial charge in [-0.25, -0.2) is 0 Å². The standard InChI is InChI=1S/C28H29N3OS/c1-4-24-23-10-5-6-11-26(23)33-27-13-12-21(17-25(27)29-24)28(32)30-14-15-31(20(3)18-30)22-9-7-8-19(2)16-22/h5-13,16-17,20H,4,14-15,18H2,1-3H3/t20-/m1/s1.